The molecule has 4 nitrogen and oxygen atoms in total. The highest BCUT2D eigenvalue weighted by molar-refractivity contribution is 6.24. The van der Waals surface area contributed by atoms with Crippen molar-refractivity contribution >= 4 is 37.9 Å². The Morgan fingerprint density at radius 3 is 1.73 bits per heavy atom. The van der Waals surface area contributed by atoms with Crippen molar-refractivity contribution in [2.45, 2.75) is 0 Å². The Kier molecular flexibility index (Phi) is 5.93. The van der Waals surface area contributed by atoms with Crippen molar-refractivity contribution < 1.29 is 0 Å². The molecular weight excluding hydrogens is 536 g/mol. The van der Waals surface area contributed by atoms with Crippen LogP contribution in [0, 0.1) is 22.7 Å². The van der Waals surface area contributed by atoms with Crippen LogP contribution in [0.15, 0.2) is 133 Å². The van der Waals surface area contributed by atoms with E-state index in [1.54, 1.807) is 6.20 Å². The Labute approximate surface area is 254 Å². The quantitative estimate of drug-likeness (QED) is 0.201. The second-order valence-electron chi connectivity index (χ2n) is 11.0. The zero-order valence-electron chi connectivity index (χ0n) is 23.6. The van der Waals surface area contributed by atoms with Gasteiger partial charge in [0.1, 0.15) is 11.8 Å². The normalized spacial score (nSPS) is 12.9. The first kappa shape index (κ1) is 25.5. The van der Waals surface area contributed by atoms with Crippen molar-refractivity contribution in [2.75, 3.05) is 6.54 Å². The Bertz CT molecular complexity index is 2350. The minimum absolute atomic E-state index is 0.427. The van der Waals surface area contributed by atoms with Crippen molar-refractivity contribution in [1.82, 2.24) is 4.98 Å². The summed E-state index contributed by atoms with van der Waals surface area (Å²) >= 11 is 0. The third kappa shape index (κ3) is 4.18. The van der Waals surface area contributed by atoms with Crippen molar-refractivity contribution in [3.05, 3.63) is 150 Å². The van der Waals surface area contributed by atoms with E-state index in [9.17, 15) is 10.5 Å². The van der Waals surface area contributed by atoms with Crippen LogP contribution < -0.4 is 0 Å². The summed E-state index contributed by atoms with van der Waals surface area (Å²) in [5.41, 5.74) is 9.05. The molecule has 0 amide bonds. The molecule has 8 rings (SSSR count). The second-order valence-corrected chi connectivity index (χ2v) is 11.0. The standard InChI is InChI=1S/C40H23N4/c41-23-37-35(9-3-15-43-37)27-7-1-5-25(17-27)33-19-29-11-13-31-21-34(22-32-14-12-30(20-33)39(29)40(31)32)26-6-2-8-28(18-26)36-10-4-16-44-38(36)24-42/h1-15,17-22H,16H2/q-1. The lowest BCUT2D eigenvalue weighted by Crippen LogP contribution is -1.95. The number of nitrogens with zero attached hydrogens (tertiary/aromatic N) is 4. The zero-order valence-corrected chi connectivity index (χ0v) is 23.6. The molecule has 0 saturated heterocycles. The molecule has 0 atom stereocenters. The molecule has 0 aliphatic carbocycles. The van der Waals surface area contributed by atoms with Crippen molar-refractivity contribution in [1.29, 1.82) is 10.5 Å². The van der Waals surface area contributed by atoms with Crippen molar-refractivity contribution in [3.8, 4) is 45.5 Å². The molecule has 44 heavy (non-hydrogen) atoms. The first-order valence-corrected chi connectivity index (χ1v) is 14.5. The van der Waals surface area contributed by atoms with Gasteiger partial charge in [-0.05, 0) is 120 Å². The highest BCUT2D eigenvalue weighted by atomic mass is 14.9. The summed E-state index contributed by atoms with van der Waals surface area (Å²) in [5, 5.41) is 30.8. The Morgan fingerprint density at radius 1 is 0.568 bits per heavy atom. The Hall–Kier alpha value is -6.23. The molecule has 0 saturated carbocycles. The fourth-order valence-electron chi connectivity index (χ4n) is 6.44. The van der Waals surface area contributed by atoms with E-state index in [0.717, 1.165) is 44.5 Å². The van der Waals surface area contributed by atoms with Crippen LogP contribution in [0.1, 0.15) is 11.3 Å². The maximum Gasteiger partial charge on any atom is 0.148 e. The monoisotopic (exact) mass is 559 g/mol. The SMILES string of the molecule is N#CC1=C(c2cccc(-c3cc4ccc5cc(-c6cccc(-c7cccnc7C#N)c6)cc6ccc(c3)c4c56)c2)C=CC[N-]1. The van der Waals surface area contributed by atoms with Gasteiger partial charge in [0.05, 0.1) is 6.07 Å². The van der Waals surface area contributed by atoms with Gasteiger partial charge in [-0.1, -0.05) is 72.4 Å². The molecule has 0 N–H and O–H groups in total. The molecular formula is C40H23N4-. The molecule has 1 aliphatic rings. The third-order valence-electron chi connectivity index (χ3n) is 8.46. The van der Waals surface area contributed by atoms with Crippen LogP contribution in [-0.2, 0) is 0 Å². The minimum Gasteiger partial charge on any atom is -0.672 e. The number of hydrogen-bond donors (Lipinski definition) is 0. The smallest absolute Gasteiger partial charge is 0.148 e. The average Bonchev–Trinajstić information content (AvgIpc) is 3.10. The van der Waals surface area contributed by atoms with Gasteiger partial charge in [-0.3, -0.25) is 0 Å². The van der Waals surface area contributed by atoms with Gasteiger partial charge in [0.2, 0.25) is 0 Å². The predicted molar refractivity (Wildman–Crippen MR) is 179 cm³/mol. The van der Waals surface area contributed by atoms with E-state index in [1.807, 2.05) is 48.6 Å². The number of pyridine rings is 1. The van der Waals surface area contributed by atoms with Gasteiger partial charge >= 0.3 is 0 Å². The van der Waals surface area contributed by atoms with Crippen LogP contribution in [0.2, 0.25) is 0 Å². The van der Waals surface area contributed by atoms with Crippen LogP contribution in [0.5, 0.6) is 0 Å². The molecule has 0 spiro atoms. The first-order chi connectivity index (χ1) is 21.7. The molecule has 0 unspecified atom stereocenters. The van der Waals surface area contributed by atoms with E-state index in [4.69, 9.17) is 0 Å². The van der Waals surface area contributed by atoms with Gasteiger partial charge < -0.3 is 5.32 Å². The maximum absolute atomic E-state index is 9.59. The van der Waals surface area contributed by atoms with E-state index in [1.165, 1.54) is 32.3 Å². The largest absolute Gasteiger partial charge is 0.672 e. The molecule has 0 radical (unpaired) electrons. The van der Waals surface area contributed by atoms with E-state index in [-0.39, 0.29) is 0 Å². The van der Waals surface area contributed by atoms with Crippen molar-refractivity contribution in [3.63, 3.8) is 0 Å². The van der Waals surface area contributed by atoms with E-state index < -0.39 is 0 Å². The van der Waals surface area contributed by atoms with Gasteiger partial charge in [-0.15, -0.1) is 12.6 Å². The fourth-order valence-corrected chi connectivity index (χ4v) is 6.44. The fraction of sp³-hybridized carbons (Fsp3) is 0.0250. The summed E-state index contributed by atoms with van der Waals surface area (Å²) in [5.74, 6) is 0. The van der Waals surface area contributed by atoms with Crippen LogP contribution in [0.3, 0.4) is 0 Å². The van der Waals surface area contributed by atoms with Crippen LogP contribution >= 0.6 is 0 Å². The molecule has 204 valence electrons. The zero-order chi connectivity index (χ0) is 29.6. The van der Waals surface area contributed by atoms with Gasteiger partial charge in [-0.2, -0.15) is 10.5 Å². The Balaban J connectivity index is 1.23. The number of allylic oxidation sites excluding steroid dienone is 3. The lowest BCUT2D eigenvalue weighted by molar-refractivity contribution is 1.26. The summed E-state index contributed by atoms with van der Waals surface area (Å²) in [7, 11) is 0. The predicted octanol–water partition coefficient (Wildman–Crippen LogP) is 10.0. The summed E-state index contributed by atoms with van der Waals surface area (Å²) in [4.78, 5) is 4.25. The highest BCUT2D eigenvalue weighted by Gasteiger charge is 2.14. The lowest BCUT2D eigenvalue weighted by atomic mass is 9.88. The van der Waals surface area contributed by atoms with E-state index in [0.29, 0.717) is 17.9 Å². The average molecular weight is 560 g/mol. The number of rotatable bonds is 4. The number of hydrogen-bond acceptors (Lipinski definition) is 3. The molecule has 0 fully saturated rings. The number of nitriles is 2. The van der Waals surface area contributed by atoms with E-state index >= 15 is 0 Å². The molecule has 4 heteroatoms. The summed E-state index contributed by atoms with van der Waals surface area (Å²) in [6.07, 6.45) is 5.64. The Morgan fingerprint density at radius 2 is 1.14 bits per heavy atom. The van der Waals surface area contributed by atoms with Crippen LogP contribution in [0.25, 0.3) is 76.6 Å². The van der Waals surface area contributed by atoms with Gasteiger partial charge in [-0.25, -0.2) is 4.98 Å². The third-order valence-corrected chi connectivity index (χ3v) is 8.46. The highest BCUT2D eigenvalue weighted by Crippen LogP contribution is 2.40. The van der Waals surface area contributed by atoms with Crippen LogP contribution in [0.4, 0.5) is 0 Å². The molecule has 2 heterocycles. The van der Waals surface area contributed by atoms with Crippen molar-refractivity contribution in [2.24, 2.45) is 0 Å². The van der Waals surface area contributed by atoms with Gasteiger partial charge in [0, 0.05) is 11.8 Å². The second kappa shape index (κ2) is 10.2. The maximum atomic E-state index is 9.59. The number of aromatic nitrogens is 1. The van der Waals surface area contributed by atoms with Gasteiger partial charge in [0.15, 0.2) is 0 Å². The molecule has 7 aromatic rings. The minimum atomic E-state index is 0.427. The molecule has 0 bridgehead atoms. The topological polar surface area (TPSA) is 74.6 Å². The molecule has 1 aromatic heterocycles. The molecule has 6 aromatic carbocycles. The lowest BCUT2D eigenvalue weighted by Gasteiger charge is -2.25. The summed E-state index contributed by atoms with van der Waals surface area (Å²) in [6.45, 7) is 0.546. The summed E-state index contributed by atoms with van der Waals surface area (Å²) in [6, 6.07) is 42.8. The van der Waals surface area contributed by atoms with Crippen LogP contribution in [-0.4, -0.2) is 11.5 Å². The van der Waals surface area contributed by atoms with E-state index in [2.05, 4.69) is 95.2 Å². The first-order valence-electron chi connectivity index (χ1n) is 14.5. The van der Waals surface area contributed by atoms with Gasteiger partial charge in [0.25, 0.3) is 0 Å². The summed E-state index contributed by atoms with van der Waals surface area (Å²) < 4.78 is 0. The molecule has 1 aliphatic heterocycles. The number of benzene rings is 6.